The highest BCUT2D eigenvalue weighted by Crippen LogP contribution is 2.23. The molecule has 2 rings (SSSR count). The Hall–Kier alpha value is -2.35. The van der Waals surface area contributed by atoms with Crippen molar-refractivity contribution in [1.82, 2.24) is 15.2 Å². The summed E-state index contributed by atoms with van der Waals surface area (Å²) in [5.74, 6) is -0.173. The molecule has 8 heteroatoms. The van der Waals surface area contributed by atoms with Crippen LogP contribution in [0.2, 0.25) is 0 Å². The molecule has 0 saturated carbocycles. The molecule has 7 nitrogen and oxygen atoms in total. The molecule has 0 aliphatic carbocycles. The zero-order valence-corrected chi connectivity index (χ0v) is 17.0. The van der Waals surface area contributed by atoms with Crippen LogP contribution < -0.4 is 10.3 Å². The van der Waals surface area contributed by atoms with Crippen LogP contribution in [0.25, 0.3) is 0 Å². The lowest BCUT2D eigenvalue weighted by molar-refractivity contribution is -0.121. The molecule has 0 unspecified atom stereocenters. The first kappa shape index (κ1) is 20.0. The van der Waals surface area contributed by atoms with Gasteiger partial charge in [0.2, 0.25) is 0 Å². The van der Waals surface area contributed by atoms with Gasteiger partial charge in [-0.05, 0) is 55.8 Å². The van der Waals surface area contributed by atoms with E-state index in [2.05, 4.69) is 50.3 Å². The minimum absolute atomic E-state index is 0.0719. The molecule has 140 valence electrons. The number of nitrogens with zero attached hydrogens (tertiary/aromatic N) is 4. The number of aryl methyl sites for hydroxylation is 1. The third kappa shape index (κ3) is 4.63. The van der Waals surface area contributed by atoms with E-state index in [0.717, 1.165) is 34.6 Å². The molecule has 0 saturated heterocycles. The van der Waals surface area contributed by atoms with Crippen molar-refractivity contribution in [3.05, 3.63) is 39.6 Å². The van der Waals surface area contributed by atoms with Crippen molar-refractivity contribution in [3.63, 3.8) is 0 Å². The fraction of sp³-hybridized carbons (Fsp3) is 0.389. The van der Waals surface area contributed by atoms with E-state index in [1.54, 1.807) is 16.8 Å². The first-order valence-corrected chi connectivity index (χ1v) is 9.26. The van der Waals surface area contributed by atoms with Gasteiger partial charge < -0.3 is 10.0 Å². The van der Waals surface area contributed by atoms with Gasteiger partial charge in [-0.3, -0.25) is 9.48 Å². The summed E-state index contributed by atoms with van der Waals surface area (Å²) in [7, 11) is 0. The van der Waals surface area contributed by atoms with Gasteiger partial charge >= 0.3 is 0 Å². The molecule has 1 heterocycles. The number of phenolic OH excluding ortho intramolecular Hbond substituents is 1. The topological polar surface area (TPSA) is 82.8 Å². The highest BCUT2D eigenvalue weighted by atomic mass is 79.9. The zero-order chi connectivity index (χ0) is 19.3. The number of phenols is 1. The maximum atomic E-state index is 12.0. The van der Waals surface area contributed by atoms with Crippen LogP contribution in [0.5, 0.6) is 5.75 Å². The number of anilines is 1. The Morgan fingerprint density at radius 1 is 1.38 bits per heavy atom. The fourth-order valence-corrected chi connectivity index (χ4v) is 2.88. The standard InChI is InChI=1S/C18H24BrN5O2/c1-5-23(6-2)15-8-7-14(16(25)9-15)10-20-21-17(26)11-24-13(4)18(19)12(3)22-24/h7-10,25H,5-6,11H2,1-4H3,(H,21,26)/b20-10+. The summed E-state index contributed by atoms with van der Waals surface area (Å²) in [6.45, 7) is 9.68. The first-order chi connectivity index (χ1) is 12.4. The van der Waals surface area contributed by atoms with Crippen molar-refractivity contribution in [2.45, 2.75) is 34.2 Å². The number of aromatic hydroxyl groups is 1. The van der Waals surface area contributed by atoms with Crippen molar-refractivity contribution in [1.29, 1.82) is 0 Å². The molecule has 2 N–H and O–H groups in total. The van der Waals surface area contributed by atoms with Gasteiger partial charge in [-0.1, -0.05) is 0 Å². The molecule has 1 amide bonds. The fourth-order valence-electron chi connectivity index (χ4n) is 2.60. The third-order valence-corrected chi connectivity index (χ3v) is 5.27. The number of hydrogen-bond acceptors (Lipinski definition) is 5. The number of carbonyl (C=O) groups is 1. The Morgan fingerprint density at radius 2 is 2.08 bits per heavy atom. The van der Waals surface area contributed by atoms with Crippen molar-refractivity contribution in [3.8, 4) is 5.75 Å². The van der Waals surface area contributed by atoms with Crippen molar-refractivity contribution < 1.29 is 9.90 Å². The van der Waals surface area contributed by atoms with Crippen LogP contribution in [0.15, 0.2) is 27.8 Å². The van der Waals surface area contributed by atoms with Gasteiger partial charge in [-0.25, -0.2) is 5.43 Å². The molecular weight excluding hydrogens is 398 g/mol. The van der Waals surface area contributed by atoms with E-state index in [1.807, 2.05) is 19.9 Å². The van der Waals surface area contributed by atoms with Gasteiger partial charge in [0.15, 0.2) is 0 Å². The molecule has 1 aromatic heterocycles. The second-order valence-electron chi connectivity index (χ2n) is 5.85. The highest BCUT2D eigenvalue weighted by Gasteiger charge is 2.11. The summed E-state index contributed by atoms with van der Waals surface area (Å²) in [5, 5.41) is 18.4. The van der Waals surface area contributed by atoms with E-state index < -0.39 is 0 Å². The van der Waals surface area contributed by atoms with Crippen LogP contribution in [0, 0.1) is 13.8 Å². The molecule has 1 aromatic carbocycles. The number of amides is 1. The number of hydrogen-bond donors (Lipinski definition) is 2. The Balaban J connectivity index is 1.99. The number of aromatic nitrogens is 2. The van der Waals surface area contributed by atoms with Gasteiger partial charge in [0.1, 0.15) is 12.3 Å². The van der Waals surface area contributed by atoms with Gasteiger partial charge in [0.05, 0.1) is 22.1 Å². The SMILES string of the molecule is CCN(CC)c1ccc(/C=N/NC(=O)Cn2nc(C)c(Br)c2C)c(O)c1. The molecule has 0 fully saturated rings. The molecule has 0 bridgehead atoms. The Morgan fingerprint density at radius 3 is 2.62 bits per heavy atom. The number of nitrogens with one attached hydrogen (secondary N) is 1. The van der Waals surface area contributed by atoms with Gasteiger partial charge in [-0.15, -0.1) is 0 Å². The molecule has 0 spiro atoms. The smallest absolute Gasteiger partial charge is 0.261 e. The molecular formula is C18H24BrN5O2. The average molecular weight is 422 g/mol. The lowest BCUT2D eigenvalue weighted by atomic mass is 10.2. The van der Waals surface area contributed by atoms with Crippen LogP contribution in [-0.4, -0.2) is 40.1 Å². The van der Waals surface area contributed by atoms with Crippen molar-refractivity contribution in [2.75, 3.05) is 18.0 Å². The minimum atomic E-state index is -0.293. The van der Waals surface area contributed by atoms with Crippen LogP contribution in [0.1, 0.15) is 30.8 Å². The van der Waals surface area contributed by atoms with Gasteiger partial charge in [-0.2, -0.15) is 10.2 Å². The first-order valence-electron chi connectivity index (χ1n) is 8.46. The summed E-state index contributed by atoms with van der Waals surface area (Å²) in [6.07, 6.45) is 1.43. The monoisotopic (exact) mass is 421 g/mol. The average Bonchev–Trinajstić information content (AvgIpc) is 2.84. The lowest BCUT2D eigenvalue weighted by Gasteiger charge is -2.21. The van der Waals surface area contributed by atoms with Gasteiger partial charge in [0, 0.05) is 30.4 Å². The molecule has 0 radical (unpaired) electrons. The zero-order valence-electron chi connectivity index (χ0n) is 15.5. The largest absolute Gasteiger partial charge is 0.507 e. The van der Waals surface area contributed by atoms with Crippen molar-refractivity contribution in [2.24, 2.45) is 5.10 Å². The van der Waals surface area contributed by atoms with E-state index in [0.29, 0.717) is 5.56 Å². The summed E-state index contributed by atoms with van der Waals surface area (Å²) in [6, 6.07) is 5.39. The molecule has 0 aliphatic heterocycles. The molecule has 2 aromatic rings. The van der Waals surface area contributed by atoms with E-state index in [1.165, 1.54) is 6.21 Å². The number of halogens is 1. The molecule has 26 heavy (non-hydrogen) atoms. The number of rotatable bonds is 7. The van der Waals surface area contributed by atoms with Crippen LogP contribution >= 0.6 is 15.9 Å². The van der Waals surface area contributed by atoms with Crippen LogP contribution in [0.3, 0.4) is 0 Å². The van der Waals surface area contributed by atoms with Crippen LogP contribution in [0.4, 0.5) is 5.69 Å². The van der Waals surface area contributed by atoms with Gasteiger partial charge in [0.25, 0.3) is 5.91 Å². The Labute approximate surface area is 161 Å². The lowest BCUT2D eigenvalue weighted by Crippen LogP contribution is -2.24. The third-order valence-electron chi connectivity index (χ3n) is 4.12. The summed E-state index contributed by atoms with van der Waals surface area (Å²) < 4.78 is 2.51. The number of carbonyl (C=O) groups excluding carboxylic acids is 1. The van der Waals surface area contributed by atoms with E-state index in [9.17, 15) is 9.90 Å². The van der Waals surface area contributed by atoms with E-state index in [4.69, 9.17) is 0 Å². The van der Waals surface area contributed by atoms with E-state index in [-0.39, 0.29) is 18.2 Å². The summed E-state index contributed by atoms with van der Waals surface area (Å²) in [4.78, 5) is 14.1. The summed E-state index contributed by atoms with van der Waals surface area (Å²) >= 11 is 3.43. The number of benzene rings is 1. The predicted octanol–water partition coefficient (Wildman–Crippen LogP) is 2.96. The Kier molecular flexibility index (Phi) is 6.79. The van der Waals surface area contributed by atoms with Crippen LogP contribution in [-0.2, 0) is 11.3 Å². The number of hydrazone groups is 1. The predicted molar refractivity (Wildman–Crippen MR) is 107 cm³/mol. The summed E-state index contributed by atoms with van der Waals surface area (Å²) in [5.41, 5.74) is 5.65. The highest BCUT2D eigenvalue weighted by molar-refractivity contribution is 9.10. The van der Waals surface area contributed by atoms with E-state index >= 15 is 0 Å². The second kappa shape index (κ2) is 8.84. The Bertz CT molecular complexity index is 812. The normalized spacial score (nSPS) is 11.1. The maximum absolute atomic E-state index is 12.0. The second-order valence-corrected chi connectivity index (χ2v) is 6.64. The minimum Gasteiger partial charge on any atom is -0.507 e. The molecule has 0 aliphatic rings. The maximum Gasteiger partial charge on any atom is 0.261 e. The molecule has 0 atom stereocenters. The van der Waals surface area contributed by atoms with Crippen molar-refractivity contribution >= 4 is 33.7 Å². The quantitative estimate of drug-likeness (QED) is 0.531.